The molecule has 0 spiro atoms. The van der Waals surface area contributed by atoms with Crippen molar-refractivity contribution in [2.24, 2.45) is 0 Å². The van der Waals surface area contributed by atoms with E-state index in [2.05, 4.69) is 20.7 Å². The minimum atomic E-state index is -3.50. The van der Waals surface area contributed by atoms with Gasteiger partial charge < -0.3 is 0 Å². The zero-order valence-corrected chi connectivity index (χ0v) is 13.3. The van der Waals surface area contributed by atoms with Gasteiger partial charge in [-0.1, -0.05) is 6.07 Å². The van der Waals surface area contributed by atoms with Crippen LogP contribution in [0.3, 0.4) is 0 Å². The van der Waals surface area contributed by atoms with E-state index in [1.165, 1.54) is 0 Å². The van der Waals surface area contributed by atoms with Crippen molar-refractivity contribution in [2.45, 2.75) is 36.6 Å². The molecule has 20 heavy (non-hydrogen) atoms. The normalized spacial score (nSPS) is 20.3. The zero-order valence-electron chi connectivity index (χ0n) is 10.9. The van der Waals surface area contributed by atoms with Crippen LogP contribution in [0.1, 0.15) is 30.9 Å². The summed E-state index contributed by atoms with van der Waals surface area (Å²) in [5.74, 6) is 0.0109. The molecule has 4 nitrogen and oxygen atoms in total. The van der Waals surface area contributed by atoms with Gasteiger partial charge in [-0.25, -0.2) is 13.1 Å². The molecule has 0 atom stereocenters. The number of sulfonamides is 1. The number of benzene rings is 1. The number of rotatable bonds is 3. The van der Waals surface area contributed by atoms with Crippen LogP contribution in [0.15, 0.2) is 27.6 Å². The molecule has 106 valence electrons. The van der Waals surface area contributed by atoms with Gasteiger partial charge in [-0.15, -0.1) is 0 Å². The van der Waals surface area contributed by atoms with Crippen molar-refractivity contribution in [1.82, 2.24) is 4.72 Å². The molecule has 6 heteroatoms. The maximum absolute atomic E-state index is 12.3. The van der Waals surface area contributed by atoms with Gasteiger partial charge in [-0.05, 0) is 65.0 Å². The number of fused-ring (bicyclic) bond motifs is 1. The fourth-order valence-electron chi connectivity index (χ4n) is 2.18. The minimum Gasteiger partial charge on any atom is -0.293 e. The molecule has 1 N–H and O–H groups in total. The number of carbonyl (C=O) groups excluding carboxylic acids is 1. The average molecular weight is 356 g/mol. The Balaban J connectivity index is 1.98. The van der Waals surface area contributed by atoms with Crippen LogP contribution in [0.5, 0.6) is 0 Å². The van der Waals surface area contributed by atoms with Crippen molar-refractivity contribution in [1.29, 1.82) is 0 Å². The summed E-state index contributed by atoms with van der Waals surface area (Å²) in [7, 11) is -3.50. The summed E-state index contributed by atoms with van der Waals surface area (Å²) in [5.41, 5.74) is 1.34. The number of allylic oxidation sites excluding steroid dienone is 1. The second-order valence-electron chi connectivity index (χ2n) is 5.62. The van der Waals surface area contributed by atoms with Gasteiger partial charge in [-0.2, -0.15) is 0 Å². The van der Waals surface area contributed by atoms with Gasteiger partial charge in [0.2, 0.25) is 10.0 Å². The summed E-state index contributed by atoms with van der Waals surface area (Å²) in [5, 5.41) is 0. The lowest BCUT2D eigenvalue weighted by molar-refractivity contribution is -0.114. The summed E-state index contributed by atoms with van der Waals surface area (Å²) in [4.78, 5) is 11.8. The third kappa shape index (κ3) is 2.60. The van der Waals surface area contributed by atoms with Gasteiger partial charge in [0.05, 0.1) is 9.38 Å². The number of ketones is 1. The van der Waals surface area contributed by atoms with E-state index in [0.29, 0.717) is 10.9 Å². The first-order chi connectivity index (χ1) is 9.29. The highest BCUT2D eigenvalue weighted by Crippen LogP contribution is 2.36. The lowest BCUT2D eigenvalue weighted by Gasteiger charge is -2.16. The number of Topliss-reactive ketones (excluding diaryl/α,β-unsaturated/α-hetero) is 1. The molecule has 0 aromatic heterocycles. The Morgan fingerprint density at radius 3 is 2.65 bits per heavy atom. The fraction of sp³-hybridized carbons (Fsp3) is 0.357. The number of hydrogen-bond acceptors (Lipinski definition) is 3. The summed E-state index contributed by atoms with van der Waals surface area (Å²) in [6.07, 6.45) is 3.73. The van der Waals surface area contributed by atoms with Crippen LogP contribution < -0.4 is 4.72 Å². The van der Waals surface area contributed by atoms with E-state index < -0.39 is 10.0 Å². The Labute approximate surface area is 126 Å². The Kier molecular flexibility index (Phi) is 3.15. The first-order valence-corrected chi connectivity index (χ1v) is 8.64. The Bertz CT molecular complexity index is 733. The predicted molar refractivity (Wildman–Crippen MR) is 80.0 cm³/mol. The molecule has 1 aromatic carbocycles. The minimum absolute atomic E-state index is 0.0109. The molecular formula is C14H14BrNO3S. The smallest absolute Gasteiger partial charge is 0.241 e. The average Bonchev–Trinajstić information content (AvgIpc) is 3.06. The molecular weight excluding hydrogens is 342 g/mol. The van der Waals surface area contributed by atoms with Crippen LogP contribution >= 0.6 is 15.9 Å². The Hall–Kier alpha value is -0.980. The van der Waals surface area contributed by atoms with E-state index in [-0.39, 0.29) is 16.2 Å². The SMILES string of the molecule is CC1(NS(=O)(=O)c2ccc3c(c2)C=C(Br)C(=O)C3)CC1. The van der Waals surface area contributed by atoms with Crippen molar-refractivity contribution in [3.63, 3.8) is 0 Å². The van der Waals surface area contributed by atoms with E-state index in [0.717, 1.165) is 24.0 Å². The highest BCUT2D eigenvalue weighted by Gasteiger charge is 2.41. The first kappa shape index (κ1) is 14.0. The molecule has 0 unspecified atom stereocenters. The topological polar surface area (TPSA) is 63.2 Å². The van der Waals surface area contributed by atoms with Crippen LogP contribution in [-0.4, -0.2) is 19.7 Å². The number of carbonyl (C=O) groups is 1. The van der Waals surface area contributed by atoms with Gasteiger partial charge in [-0.3, -0.25) is 4.79 Å². The van der Waals surface area contributed by atoms with Crippen molar-refractivity contribution in [3.05, 3.63) is 33.8 Å². The van der Waals surface area contributed by atoms with Gasteiger partial charge in [0.15, 0.2) is 5.78 Å². The monoisotopic (exact) mass is 355 g/mol. The summed E-state index contributed by atoms with van der Waals surface area (Å²) in [6.45, 7) is 1.90. The molecule has 1 saturated carbocycles. The highest BCUT2D eigenvalue weighted by atomic mass is 79.9. The number of halogens is 1. The molecule has 1 fully saturated rings. The van der Waals surface area contributed by atoms with Crippen molar-refractivity contribution in [3.8, 4) is 0 Å². The summed E-state index contributed by atoms with van der Waals surface area (Å²) in [6, 6.07) is 4.90. The lowest BCUT2D eigenvalue weighted by atomic mass is 9.97. The number of hydrogen-bond donors (Lipinski definition) is 1. The zero-order chi connectivity index (χ0) is 14.5. The van der Waals surface area contributed by atoms with Crippen LogP contribution in [0.4, 0.5) is 0 Å². The maximum Gasteiger partial charge on any atom is 0.241 e. The van der Waals surface area contributed by atoms with E-state index in [1.807, 2.05) is 6.92 Å². The van der Waals surface area contributed by atoms with Crippen molar-refractivity contribution in [2.75, 3.05) is 0 Å². The van der Waals surface area contributed by atoms with Gasteiger partial charge in [0.1, 0.15) is 0 Å². The Morgan fingerprint density at radius 2 is 2.00 bits per heavy atom. The molecule has 2 aliphatic carbocycles. The second-order valence-corrected chi connectivity index (χ2v) is 8.16. The van der Waals surface area contributed by atoms with Crippen LogP contribution in [0, 0.1) is 0 Å². The molecule has 0 saturated heterocycles. The highest BCUT2D eigenvalue weighted by molar-refractivity contribution is 9.12. The first-order valence-electron chi connectivity index (χ1n) is 6.36. The molecule has 0 aliphatic heterocycles. The molecule has 0 heterocycles. The predicted octanol–water partition coefficient (Wildman–Crippen LogP) is 2.38. The number of nitrogens with one attached hydrogen (secondary N) is 1. The third-order valence-corrected chi connectivity index (χ3v) is 6.02. The van der Waals surface area contributed by atoms with Gasteiger partial charge in [0.25, 0.3) is 0 Å². The second kappa shape index (κ2) is 4.51. The van der Waals surface area contributed by atoms with E-state index in [4.69, 9.17) is 0 Å². The summed E-state index contributed by atoms with van der Waals surface area (Å²) < 4.78 is 27.8. The largest absolute Gasteiger partial charge is 0.293 e. The van der Waals surface area contributed by atoms with Crippen LogP contribution in [0.25, 0.3) is 6.08 Å². The lowest BCUT2D eigenvalue weighted by Crippen LogP contribution is -2.34. The van der Waals surface area contributed by atoms with Crippen LogP contribution in [-0.2, 0) is 21.2 Å². The van der Waals surface area contributed by atoms with Crippen molar-refractivity contribution >= 4 is 37.8 Å². The maximum atomic E-state index is 12.3. The molecule has 0 bridgehead atoms. The molecule has 0 amide bonds. The van der Waals surface area contributed by atoms with E-state index in [9.17, 15) is 13.2 Å². The molecule has 0 radical (unpaired) electrons. The standard InChI is InChI=1S/C14H14BrNO3S/c1-14(4-5-14)16-20(18,19)11-3-2-9-8-13(17)12(15)7-10(9)6-11/h2-3,6-7,16H,4-5,8H2,1H3. The third-order valence-electron chi connectivity index (χ3n) is 3.71. The molecule has 2 aliphatic rings. The quantitative estimate of drug-likeness (QED) is 0.905. The molecule has 1 aromatic rings. The summed E-state index contributed by atoms with van der Waals surface area (Å²) >= 11 is 3.20. The van der Waals surface area contributed by atoms with Crippen LogP contribution in [0.2, 0.25) is 0 Å². The van der Waals surface area contributed by atoms with E-state index in [1.54, 1.807) is 24.3 Å². The molecule has 3 rings (SSSR count). The van der Waals surface area contributed by atoms with Gasteiger partial charge >= 0.3 is 0 Å². The van der Waals surface area contributed by atoms with Gasteiger partial charge in [0, 0.05) is 12.0 Å². The Morgan fingerprint density at radius 1 is 1.30 bits per heavy atom. The van der Waals surface area contributed by atoms with E-state index >= 15 is 0 Å². The fourth-order valence-corrected chi connectivity index (χ4v) is 4.07. The van der Waals surface area contributed by atoms with Crippen molar-refractivity contribution < 1.29 is 13.2 Å².